The molecule has 5 heteroatoms. The number of halogens is 1. The normalized spacial score (nSPS) is 23.1. The number of rotatable bonds is 3. The zero-order valence-electron chi connectivity index (χ0n) is 10.5. The Labute approximate surface area is 123 Å². The molecule has 1 aromatic carbocycles. The van der Waals surface area contributed by atoms with Crippen molar-refractivity contribution in [2.24, 2.45) is 0 Å². The van der Waals surface area contributed by atoms with Gasteiger partial charge in [0.2, 0.25) is 0 Å². The summed E-state index contributed by atoms with van der Waals surface area (Å²) < 4.78 is 5.42. The van der Waals surface area contributed by atoms with E-state index in [1.165, 1.54) is 0 Å². The van der Waals surface area contributed by atoms with Crippen molar-refractivity contribution < 1.29 is 14.6 Å². The molecule has 3 nitrogen and oxygen atoms in total. The van der Waals surface area contributed by atoms with Crippen LogP contribution in [0.15, 0.2) is 18.2 Å². The standard InChI is InChI=1S/C14H17ClO3S/c15-12-6-1-3-9(14(12)17)7-13(16)18-10-4-2-5-11(19)8-10/h1,3,6,10-11,17,19H,2,4-5,7-8H2. The number of phenols is 1. The number of carbonyl (C=O) groups excluding carboxylic acids is 1. The second-order valence-corrected chi connectivity index (χ2v) is 5.99. The number of phenolic OH excluding ortho intramolecular Hbond substituents is 1. The zero-order chi connectivity index (χ0) is 13.8. The first-order valence-electron chi connectivity index (χ1n) is 6.40. The summed E-state index contributed by atoms with van der Waals surface area (Å²) in [6.45, 7) is 0. The molecule has 1 fully saturated rings. The maximum Gasteiger partial charge on any atom is 0.310 e. The Kier molecular flexibility index (Phi) is 4.99. The predicted octanol–water partition coefficient (Wildman–Crippen LogP) is 3.37. The highest BCUT2D eigenvalue weighted by molar-refractivity contribution is 7.80. The molecule has 19 heavy (non-hydrogen) atoms. The van der Waals surface area contributed by atoms with Gasteiger partial charge in [-0.25, -0.2) is 0 Å². The number of benzene rings is 1. The molecule has 0 aliphatic heterocycles. The predicted molar refractivity (Wildman–Crippen MR) is 77.9 cm³/mol. The summed E-state index contributed by atoms with van der Waals surface area (Å²) >= 11 is 10.2. The molecule has 0 spiro atoms. The Morgan fingerprint density at radius 3 is 3.00 bits per heavy atom. The van der Waals surface area contributed by atoms with Crippen molar-refractivity contribution in [2.45, 2.75) is 43.5 Å². The summed E-state index contributed by atoms with van der Waals surface area (Å²) in [7, 11) is 0. The SMILES string of the molecule is O=C(Cc1cccc(Cl)c1O)OC1CCCC(S)C1. The van der Waals surface area contributed by atoms with Crippen molar-refractivity contribution in [1.29, 1.82) is 0 Å². The average molecular weight is 301 g/mol. The van der Waals surface area contributed by atoms with Crippen LogP contribution in [-0.4, -0.2) is 22.4 Å². The van der Waals surface area contributed by atoms with Gasteiger partial charge in [-0.05, 0) is 31.7 Å². The lowest BCUT2D eigenvalue weighted by atomic mass is 9.97. The van der Waals surface area contributed by atoms with Gasteiger partial charge in [0.25, 0.3) is 0 Å². The van der Waals surface area contributed by atoms with Crippen LogP contribution >= 0.6 is 24.2 Å². The molecule has 1 aliphatic carbocycles. The average Bonchev–Trinajstić information content (AvgIpc) is 2.35. The third-order valence-corrected chi connectivity index (χ3v) is 4.08. The van der Waals surface area contributed by atoms with Crippen molar-refractivity contribution >= 4 is 30.2 Å². The van der Waals surface area contributed by atoms with Gasteiger partial charge in [0, 0.05) is 10.8 Å². The van der Waals surface area contributed by atoms with Crippen molar-refractivity contribution in [1.82, 2.24) is 0 Å². The van der Waals surface area contributed by atoms with Gasteiger partial charge in [-0.15, -0.1) is 0 Å². The lowest BCUT2D eigenvalue weighted by Gasteiger charge is -2.26. The maximum absolute atomic E-state index is 11.8. The van der Waals surface area contributed by atoms with Crippen LogP contribution in [0.1, 0.15) is 31.2 Å². The minimum absolute atomic E-state index is 0.0418. The smallest absolute Gasteiger partial charge is 0.310 e. The molecule has 2 unspecified atom stereocenters. The minimum Gasteiger partial charge on any atom is -0.506 e. The number of carbonyl (C=O) groups is 1. The molecular formula is C14H17ClO3S. The Morgan fingerprint density at radius 1 is 1.47 bits per heavy atom. The molecule has 1 aliphatic rings. The summed E-state index contributed by atoms with van der Waals surface area (Å²) in [4.78, 5) is 11.8. The summed E-state index contributed by atoms with van der Waals surface area (Å²) in [5.41, 5.74) is 0.496. The lowest BCUT2D eigenvalue weighted by molar-refractivity contribution is -0.149. The quantitative estimate of drug-likeness (QED) is 0.664. The Bertz CT molecular complexity index is 464. The van der Waals surface area contributed by atoms with Gasteiger partial charge >= 0.3 is 5.97 Å². The third-order valence-electron chi connectivity index (χ3n) is 3.30. The number of esters is 1. The van der Waals surface area contributed by atoms with Crippen molar-refractivity contribution in [3.63, 3.8) is 0 Å². The zero-order valence-corrected chi connectivity index (χ0v) is 12.2. The molecule has 0 aromatic heterocycles. The second kappa shape index (κ2) is 6.53. The fraction of sp³-hybridized carbons (Fsp3) is 0.500. The monoisotopic (exact) mass is 300 g/mol. The van der Waals surface area contributed by atoms with E-state index < -0.39 is 0 Å². The first kappa shape index (κ1) is 14.5. The van der Waals surface area contributed by atoms with Crippen molar-refractivity contribution in [3.8, 4) is 5.75 Å². The van der Waals surface area contributed by atoms with Gasteiger partial charge in [-0.1, -0.05) is 23.7 Å². The largest absolute Gasteiger partial charge is 0.506 e. The Morgan fingerprint density at radius 2 is 2.26 bits per heavy atom. The lowest BCUT2D eigenvalue weighted by Crippen LogP contribution is -2.26. The van der Waals surface area contributed by atoms with E-state index in [1.54, 1.807) is 18.2 Å². The van der Waals surface area contributed by atoms with Crippen LogP contribution in [0.3, 0.4) is 0 Å². The molecule has 0 heterocycles. The molecule has 104 valence electrons. The van der Waals surface area contributed by atoms with E-state index in [1.807, 2.05) is 0 Å². The number of hydrogen-bond donors (Lipinski definition) is 2. The Balaban J connectivity index is 1.92. The van der Waals surface area contributed by atoms with E-state index in [0.29, 0.717) is 10.8 Å². The molecule has 2 rings (SSSR count). The van der Waals surface area contributed by atoms with Gasteiger partial charge in [0.15, 0.2) is 0 Å². The van der Waals surface area contributed by atoms with Crippen molar-refractivity contribution in [2.75, 3.05) is 0 Å². The summed E-state index contributed by atoms with van der Waals surface area (Å²) in [5.74, 6) is -0.373. The van der Waals surface area contributed by atoms with E-state index in [0.717, 1.165) is 25.7 Å². The van der Waals surface area contributed by atoms with Crippen LogP contribution in [0.25, 0.3) is 0 Å². The maximum atomic E-state index is 11.8. The van der Waals surface area contributed by atoms with Crippen LogP contribution in [0.5, 0.6) is 5.75 Å². The molecule has 0 radical (unpaired) electrons. The number of para-hydroxylation sites is 1. The minimum atomic E-state index is -0.329. The number of hydrogen-bond acceptors (Lipinski definition) is 4. The fourth-order valence-corrected chi connectivity index (χ4v) is 2.92. The van der Waals surface area contributed by atoms with Gasteiger partial charge in [0.1, 0.15) is 11.9 Å². The van der Waals surface area contributed by atoms with Crippen LogP contribution in [-0.2, 0) is 16.0 Å². The Hall–Kier alpha value is -0.870. The number of ether oxygens (including phenoxy) is 1. The van der Waals surface area contributed by atoms with Crippen molar-refractivity contribution in [3.05, 3.63) is 28.8 Å². The molecule has 0 amide bonds. The molecule has 1 aromatic rings. The first-order valence-corrected chi connectivity index (χ1v) is 7.29. The van der Waals surface area contributed by atoms with Gasteiger partial charge < -0.3 is 9.84 Å². The molecule has 0 saturated heterocycles. The summed E-state index contributed by atoms with van der Waals surface area (Å²) in [5, 5.41) is 10.3. The van der Waals surface area contributed by atoms with Crippen LogP contribution in [0.2, 0.25) is 5.02 Å². The number of aromatic hydroxyl groups is 1. The highest BCUT2D eigenvalue weighted by Gasteiger charge is 2.23. The third kappa shape index (κ3) is 4.05. The van der Waals surface area contributed by atoms with Gasteiger partial charge in [0.05, 0.1) is 11.4 Å². The fourth-order valence-electron chi connectivity index (χ4n) is 2.31. The van der Waals surface area contributed by atoms with E-state index in [4.69, 9.17) is 16.3 Å². The second-order valence-electron chi connectivity index (χ2n) is 4.86. The molecule has 1 N–H and O–H groups in total. The number of thiol groups is 1. The van der Waals surface area contributed by atoms with E-state index in [9.17, 15) is 9.90 Å². The topological polar surface area (TPSA) is 46.5 Å². The molecular weight excluding hydrogens is 284 g/mol. The first-order chi connectivity index (χ1) is 9.06. The summed E-state index contributed by atoms with van der Waals surface area (Å²) in [6.07, 6.45) is 3.80. The van der Waals surface area contributed by atoms with E-state index in [2.05, 4.69) is 12.6 Å². The highest BCUT2D eigenvalue weighted by atomic mass is 35.5. The van der Waals surface area contributed by atoms with E-state index in [-0.39, 0.29) is 29.3 Å². The molecule has 1 saturated carbocycles. The van der Waals surface area contributed by atoms with Gasteiger partial charge in [-0.2, -0.15) is 12.6 Å². The highest BCUT2D eigenvalue weighted by Crippen LogP contribution is 2.28. The van der Waals surface area contributed by atoms with Gasteiger partial charge in [-0.3, -0.25) is 4.79 Å². The summed E-state index contributed by atoms with van der Waals surface area (Å²) in [6, 6.07) is 4.96. The molecule has 2 atom stereocenters. The van der Waals surface area contributed by atoms with Crippen LogP contribution < -0.4 is 0 Å². The van der Waals surface area contributed by atoms with Crippen LogP contribution in [0, 0.1) is 0 Å². The van der Waals surface area contributed by atoms with E-state index >= 15 is 0 Å². The van der Waals surface area contributed by atoms with Crippen LogP contribution in [0.4, 0.5) is 0 Å². The molecule has 0 bridgehead atoms.